The van der Waals surface area contributed by atoms with E-state index in [0.29, 0.717) is 10.8 Å². The SMILES string of the molecule is CC1(C)CC=C2CCCCC2(C)C1. The lowest BCUT2D eigenvalue weighted by atomic mass is 9.59. The molecule has 0 radical (unpaired) electrons. The number of rotatable bonds is 0. The van der Waals surface area contributed by atoms with Crippen LogP contribution in [0.1, 0.15) is 59.3 Å². The standard InChI is InChI=1S/C13H22/c1-12(2)9-7-11-6-4-5-8-13(11,3)10-12/h7H,4-6,8-10H2,1-3H3. The van der Waals surface area contributed by atoms with E-state index in [1.165, 1.54) is 38.5 Å². The van der Waals surface area contributed by atoms with Gasteiger partial charge in [0.05, 0.1) is 0 Å². The average molecular weight is 178 g/mol. The summed E-state index contributed by atoms with van der Waals surface area (Å²) in [7, 11) is 0. The van der Waals surface area contributed by atoms with Gasteiger partial charge < -0.3 is 0 Å². The number of allylic oxidation sites excluding steroid dienone is 2. The van der Waals surface area contributed by atoms with E-state index < -0.39 is 0 Å². The highest BCUT2D eigenvalue weighted by Crippen LogP contribution is 2.52. The van der Waals surface area contributed by atoms with Crippen LogP contribution in [0, 0.1) is 10.8 Å². The highest BCUT2D eigenvalue weighted by Gasteiger charge is 2.39. The van der Waals surface area contributed by atoms with Gasteiger partial charge in [-0.2, -0.15) is 0 Å². The van der Waals surface area contributed by atoms with Crippen LogP contribution >= 0.6 is 0 Å². The van der Waals surface area contributed by atoms with E-state index in [2.05, 4.69) is 26.8 Å². The van der Waals surface area contributed by atoms with Gasteiger partial charge in [-0.05, 0) is 42.9 Å². The fourth-order valence-electron chi connectivity index (χ4n) is 3.37. The monoisotopic (exact) mass is 178 g/mol. The summed E-state index contributed by atoms with van der Waals surface area (Å²) in [6, 6.07) is 0. The number of hydrogen-bond acceptors (Lipinski definition) is 0. The van der Waals surface area contributed by atoms with Gasteiger partial charge in [-0.15, -0.1) is 0 Å². The molecule has 2 rings (SSSR count). The number of fused-ring (bicyclic) bond motifs is 1. The minimum absolute atomic E-state index is 0.551. The van der Waals surface area contributed by atoms with Crippen LogP contribution in [0.2, 0.25) is 0 Å². The summed E-state index contributed by atoms with van der Waals surface area (Å²) in [5.41, 5.74) is 2.90. The summed E-state index contributed by atoms with van der Waals surface area (Å²) in [5.74, 6) is 0. The van der Waals surface area contributed by atoms with Crippen molar-refractivity contribution in [3.05, 3.63) is 11.6 Å². The molecule has 1 fully saturated rings. The lowest BCUT2D eigenvalue weighted by molar-refractivity contribution is 0.159. The fourth-order valence-corrected chi connectivity index (χ4v) is 3.37. The van der Waals surface area contributed by atoms with Crippen LogP contribution in [0.3, 0.4) is 0 Å². The third kappa shape index (κ3) is 1.68. The largest absolute Gasteiger partial charge is 0.0842 e. The maximum Gasteiger partial charge on any atom is -0.0111 e. The van der Waals surface area contributed by atoms with Crippen molar-refractivity contribution in [2.24, 2.45) is 10.8 Å². The van der Waals surface area contributed by atoms with Crippen LogP contribution < -0.4 is 0 Å². The first-order valence-corrected chi connectivity index (χ1v) is 5.71. The molecule has 1 saturated carbocycles. The molecule has 0 spiro atoms. The van der Waals surface area contributed by atoms with Gasteiger partial charge in [0.15, 0.2) is 0 Å². The van der Waals surface area contributed by atoms with Gasteiger partial charge in [-0.25, -0.2) is 0 Å². The second-order valence-corrected chi connectivity index (χ2v) is 6.04. The summed E-state index contributed by atoms with van der Waals surface area (Å²) in [4.78, 5) is 0. The van der Waals surface area contributed by atoms with E-state index in [4.69, 9.17) is 0 Å². The molecule has 1 unspecified atom stereocenters. The molecule has 0 saturated heterocycles. The summed E-state index contributed by atoms with van der Waals surface area (Å²) < 4.78 is 0. The first-order valence-electron chi connectivity index (χ1n) is 5.71. The van der Waals surface area contributed by atoms with E-state index in [1.54, 1.807) is 5.57 Å². The molecule has 2 aliphatic rings. The van der Waals surface area contributed by atoms with Crippen LogP contribution in [0.15, 0.2) is 11.6 Å². The molecule has 0 aliphatic heterocycles. The molecule has 74 valence electrons. The zero-order valence-corrected chi connectivity index (χ0v) is 9.32. The summed E-state index contributed by atoms with van der Waals surface area (Å²) >= 11 is 0. The van der Waals surface area contributed by atoms with E-state index in [9.17, 15) is 0 Å². The van der Waals surface area contributed by atoms with Gasteiger partial charge in [0.2, 0.25) is 0 Å². The second-order valence-electron chi connectivity index (χ2n) is 6.04. The van der Waals surface area contributed by atoms with Gasteiger partial charge in [0.1, 0.15) is 0 Å². The Morgan fingerprint density at radius 3 is 2.69 bits per heavy atom. The molecular weight excluding hydrogens is 156 g/mol. The molecule has 1 atom stereocenters. The molecule has 0 bridgehead atoms. The van der Waals surface area contributed by atoms with Gasteiger partial charge in [-0.1, -0.05) is 38.8 Å². The Morgan fingerprint density at radius 2 is 1.92 bits per heavy atom. The Kier molecular flexibility index (Phi) is 2.05. The third-order valence-electron chi connectivity index (χ3n) is 3.97. The van der Waals surface area contributed by atoms with Crippen LogP contribution in [-0.4, -0.2) is 0 Å². The molecular formula is C13H22. The lowest BCUT2D eigenvalue weighted by Crippen LogP contribution is -2.33. The van der Waals surface area contributed by atoms with Crippen LogP contribution in [-0.2, 0) is 0 Å². The van der Waals surface area contributed by atoms with Crippen molar-refractivity contribution in [1.82, 2.24) is 0 Å². The first-order chi connectivity index (χ1) is 6.02. The fraction of sp³-hybridized carbons (Fsp3) is 0.846. The molecule has 0 amide bonds. The van der Waals surface area contributed by atoms with Gasteiger partial charge in [0.25, 0.3) is 0 Å². The molecule has 0 heteroatoms. The predicted octanol–water partition coefficient (Wildman–Crippen LogP) is 4.31. The molecule has 0 nitrogen and oxygen atoms in total. The Bertz CT molecular complexity index is 234. The van der Waals surface area contributed by atoms with Crippen molar-refractivity contribution in [2.75, 3.05) is 0 Å². The topological polar surface area (TPSA) is 0 Å². The minimum Gasteiger partial charge on any atom is -0.0842 e. The van der Waals surface area contributed by atoms with E-state index in [1.807, 2.05) is 0 Å². The van der Waals surface area contributed by atoms with Crippen molar-refractivity contribution in [3.63, 3.8) is 0 Å². The van der Waals surface area contributed by atoms with Crippen LogP contribution in [0.5, 0.6) is 0 Å². The van der Waals surface area contributed by atoms with Crippen molar-refractivity contribution in [3.8, 4) is 0 Å². The van der Waals surface area contributed by atoms with Gasteiger partial charge in [-0.3, -0.25) is 0 Å². The Hall–Kier alpha value is -0.260. The molecule has 0 aromatic carbocycles. The van der Waals surface area contributed by atoms with E-state index in [0.717, 1.165) is 0 Å². The summed E-state index contributed by atoms with van der Waals surface area (Å²) in [5, 5.41) is 0. The minimum atomic E-state index is 0.551. The maximum absolute atomic E-state index is 2.54. The Morgan fingerprint density at radius 1 is 1.15 bits per heavy atom. The van der Waals surface area contributed by atoms with Crippen molar-refractivity contribution < 1.29 is 0 Å². The zero-order chi connectivity index (χ0) is 9.53. The second kappa shape index (κ2) is 2.87. The van der Waals surface area contributed by atoms with Crippen molar-refractivity contribution in [2.45, 2.75) is 59.3 Å². The summed E-state index contributed by atoms with van der Waals surface area (Å²) in [6.45, 7) is 7.32. The predicted molar refractivity (Wildman–Crippen MR) is 57.7 cm³/mol. The van der Waals surface area contributed by atoms with E-state index >= 15 is 0 Å². The molecule has 0 heterocycles. The maximum atomic E-state index is 2.54. The first kappa shape index (κ1) is 9.30. The van der Waals surface area contributed by atoms with E-state index in [-0.39, 0.29) is 0 Å². The van der Waals surface area contributed by atoms with Gasteiger partial charge in [0, 0.05) is 0 Å². The lowest BCUT2D eigenvalue weighted by Gasteiger charge is -2.46. The molecule has 0 aromatic rings. The highest BCUT2D eigenvalue weighted by molar-refractivity contribution is 5.20. The summed E-state index contributed by atoms with van der Waals surface area (Å²) in [6.07, 6.45) is 11.0. The number of hydrogen-bond donors (Lipinski definition) is 0. The normalized spacial score (nSPS) is 37.9. The van der Waals surface area contributed by atoms with Crippen molar-refractivity contribution in [1.29, 1.82) is 0 Å². The smallest absolute Gasteiger partial charge is 0.0111 e. The van der Waals surface area contributed by atoms with Crippen LogP contribution in [0.4, 0.5) is 0 Å². The molecule has 0 aromatic heterocycles. The van der Waals surface area contributed by atoms with Crippen LogP contribution in [0.25, 0.3) is 0 Å². The molecule has 13 heavy (non-hydrogen) atoms. The molecule has 0 N–H and O–H groups in total. The highest BCUT2D eigenvalue weighted by atomic mass is 14.4. The van der Waals surface area contributed by atoms with Gasteiger partial charge >= 0.3 is 0 Å². The molecule has 2 aliphatic carbocycles. The third-order valence-corrected chi connectivity index (χ3v) is 3.97. The van der Waals surface area contributed by atoms with Crippen molar-refractivity contribution >= 4 is 0 Å². The Labute approximate surface area is 82.4 Å². The average Bonchev–Trinajstić information content (AvgIpc) is 2.00. The quantitative estimate of drug-likeness (QED) is 0.485. The zero-order valence-electron chi connectivity index (χ0n) is 9.32. The Balaban J connectivity index is 2.26.